The molecule has 0 rings (SSSR count). The molecule has 1 amide bonds. The van der Waals surface area contributed by atoms with Crippen LogP contribution in [-0.4, -0.2) is 17.8 Å². The molecule has 0 aromatic carbocycles. The van der Waals surface area contributed by atoms with Gasteiger partial charge in [-0.2, -0.15) is 0 Å². The highest BCUT2D eigenvalue weighted by molar-refractivity contribution is 5.95. The number of ether oxygens (including phenoxy) is 2. The first-order chi connectivity index (χ1) is 7.38. The summed E-state index contributed by atoms with van der Waals surface area (Å²) in [5.41, 5.74) is 4.99. The van der Waals surface area contributed by atoms with Crippen LogP contribution in [0.5, 0.6) is 0 Å². The standard InChI is InChI=1S/C10H11NO5/c1-4-8(12)16-7(9(11)13)5-15-10(14)6(2)3/h4-5H,1-2H2,3H3,(H2,11,13). The van der Waals surface area contributed by atoms with Crippen LogP contribution in [0.3, 0.4) is 0 Å². The fourth-order valence-electron chi connectivity index (χ4n) is 0.490. The lowest BCUT2D eigenvalue weighted by Gasteiger charge is -2.03. The van der Waals surface area contributed by atoms with Crippen molar-refractivity contribution in [2.45, 2.75) is 6.92 Å². The lowest BCUT2D eigenvalue weighted by Crippen LogP contribution is -2.19. The van der Waals surface area contributed by atoms with Crippen LogP contribution in [0.15, 0.2) is 36.8 Å². The van der Waals surface area contributed by atoms with Crippen molar-refractivity contribution in [1.82, 2.24) is 0 Å². The molecular formula is C10H11NO5. The zero-order chi connectivity index (χ0) is 12.7. The molecular weight excluding hydrogens is 214 g/mol. The van der Waals surface area contributed by atoms with Crippen LogP contribution >= 0.6 is 0 Å². The van der Waals surface area contributed by atoms with E-state index in [-0.39, 0.29) is 5.57 Å². The van der Waals surface area contributed by atoms with Gasteiger partial charge in [0, 0.05) is 11.6 Å². The zero-order valence-electron chi connectivity index (χ0n) is 8.69. The molecule has 0 aromatic heterocycles. The molecule has 16 heavy (non-hydrogen) atoms. The molecule has 0 saturated heterocycles. The Kier molecular flexibility index (Phi) is 5.26. The van der Waals surface area contributed by atoms with Crippen molar-refractivity contribution in [3.8, 4) is 0 Å². The fourth-order valence-corrected chi connectivity index (χ4v) is 0.490. The Hall–Kier alpha value is -2.37. The number of nitrogens with two attached hydrogens (primary N) is 1. The third kappa shape index (κ3) is 4.75. The molecule has 0 atom stereocenters. The molecule has 0 radical (unpaired) electrons. The van der Waals surface area contributed by atoms with Gasteiger partial charge in [-0.1, -0.05) is 13.2 Å². The van der Waals surface area contributed by atoms with Gasteiger partial charge in [-0.05, 0) is 6.92 Å². The molecule has 0 heterocycles. The Morgan fingerprint density at radius 1 is 1.31 bits per heavy atom. The van der Waals surface area contributed by atoms with E-state index in [1.807, 2.05) is 0 Å². The molecule has 0 bridgehead atoms. The summed E-state index contributed by atoms with van der Waals surface area (Å²) in [5, 5.41) is 0. The predicted molar refractivity (Wildman–Crippen MR) is 54.5 cm³/mol. The highest BCUT2D eigenvalue weighted by Crippen LogP contribution is 2.01. The monoisotopic (exact) mass is 225 g/mol. The van der Waals surface area contributed by atoms with E-state index < -0.39 is 23.6 Å². The third-order valence-electron chi connectivity index (χ3n) is 1.24. The van der Waals surface area contributed by atoms with Crippen molar-refractivity contribution in [3.05, 3.63) is 36.8 Å². The smallest absolute Gasteiger partial charge is 0.338 e. The van der Waals surface area contributed by atoms with Gasteiger partial charge in [0.2, 0.25) is 5.76 Å². The van der Waals surface area contributed by atoms with Crippen molar-refractivity contribution in [3.63, 3.8) is 0 Å². The summed E-state index contributed by atoms with van der Waals surface area (Å²) in [4.78, 5) is 32.5. The number of primary amides is 1. The van der Waals surface area contributed by atoms with Crippen LogP contribution in [0.4, 0.5) is 0 Å². The minimum Gasteiger partial charge on any atom is -0.427 e. The lowest BCUT2D eigenvalue weighted by atomic mass is 10.4. The maximum Gasteiger partial charge on any atom is 0.338 e. The van der Waals surface area contributed by atoms with Crippen LogP contribution < -0.4 is 5.73 Å². The highest BCUT2D eigenvalue weighted by Gasteiger charge is 2.12. The second-order valence-electron chi connectivity index (χ2n) is 2.66. The first-order valence-electron chi connectivity index (χ1n) is 4.09. The topological polar surface area (TPSA) is 95.7 Å². The van der Waals surface area contributed by atoms with Gasteiger partial charge in [0.25, 0.3) is 5.91 Å². The summed E-state index contributed by atoms with van der Waals surface area (Å²) in [6, 6.07) is 0. The molecule has 86 valence electrons. The van der Waals surface area contributed by atoms with Gasteiger partial charge in [0.15, 0.2) is 0 Å². The van der Waals surface area contributed by atoms with E-state index in [1.165, 1.54) is 6.92 Å². The molecule has 0 aliphatic heterocycles. The molecule has 2 N–H and O–H groups in total. The molecule has 0 aliphatic rings. The van der Waals surface area contributed by atoms with Gasteiger partial charge in [-0.25, -0.2) is 9.59 Å². The quantitative estimate of drug-likeness (QED) is 0.408. The maximum atomic E-state index is 10.9. The van der Waals surface area contributed by atoms with Crippen molar-refractivity contribution >= 4 is 17.8 Å². The third-order valence-corrected chi connectivity index (χ3v) is 1.24. The Balaban J connectivity index is 4.66. The average molecular weight is 225 g/mol. The van der Waals surface area contributed by atoms with Gasteiger partial charge < -0.3 is 15.2 Å². The number of hydrogen-bond donors (Lipinski definition) is 1. The summed E-state index contributed by atoms with van der Waals surface area (Å²) in [6.45, 7) is 7.84. The Morgan fingerprint density at radius 3 is 2.25 bits per heavy atom. The Bertz CT molecular complexity index is 381. The number of rotatable bonds is 5. The van der Waals surface area contributed by atoms with E-state index in [0.717, 1.165) is 6.08 Å². The number of carbonyl (C=O) groups excluding carboxylic acids is 3. The van der Waals surface area contributed by atoms with E-state index >= 15 is 0 Å². The van der Waals surface area contributed by atoms with Crippen molar-refractivity contribution in [2.24, 2.45) is 5.73 Å². The first-order valence-corrected chi connectivity index (χ1v) is 4.09. The molecule has 0 fully saturated rings. The van der Waals surface area contributed by atoms with Crippen LogP contribution in [0.25, 0.3) is 0 Å². The number of hydrogen-bond acceptors (Lipinski definition) is 5. The van der Waals surface area contributed by atoms with E-state index in [0.29, 0.717) is 6.26 Å². The van der Waals surface area contributed by atoms with Crippen molar-refractivity contribution < 1.29 is 23.9 Å². The predicted octanol–water partition coefficient (Wildman–Crippen LogP) is 0.162. The van der Waals surface area contributed by atoms with Crippen molar-refractivity contribution in [2.75, 3.05) is 0 Å². The molecule has 6 nitrogen and oxygen atoms in total. The summed E-state index contributed by atoms with van der Waals surface area (Å²) < 4.78 is 8.87. The normalized spacial score (nSPS) is 10.2. The van der Waals surface area contributed by atoms with Crippen LogP contribution in [0, 0.1) is 0 Å². The SMILES string of the molecule is C=CC(=O)OC(=COC(=O)C(=C)C)C(N)=O. The average Bonchev–Trinajstić information content (AvgIpc) is 2.22. The molecule has 0 saturated carbocycles. The first kappa shape index (κ1) is 13.6. The number of esters is 2. The molecule has 0 aromatic rings. The van der Waals surface area contributed by atoms with Gasteiger partial charge in [-0.3, -0.25) is 4.79 Å². The molecule has 0 unspecified atom stereocenters. The van der Waals surface area contributed by atoms with E-state index in [9.17, 15) is 14.4 Å². The van der Waals surface area contributed by atoms with E-state index in [4.69, 9.17) is 5.73 Å². The summed E-state index contributed by atoms with van der Waals surface area (Å²) >= 11 is 0. The number of amides is 1. The summed E-state index contributed by atoms with van der Waals surface area (Å²) in [6.07, 6.45) is 1.47. The lowest BCUT2D eigenvalue weighted by molar-refractivity contribution is -0.139. The second kappa shape index (κ2) is 6.18. The highest BCUT2D eigenvalue weighted by atomic mass is 16.6. The van der Waals surface area contributed by atoms with Gasteiger partial charge >= 0.3 is 11.9 Å². The maximum absolute atomic E-state index is 10.9. The minimum atomic E-state index is -1.05. The van der Waals surface area contributed by atoms with Crippen LogP contribution in [-0.2, 0) is 23.9 Å². The number of carbonyl (C=O) groups is 3. The summed E-state index contributed by atoms with van der Waals surface area (Å²) in [7, 11) is 0. The second-order valence-corrected chi connectivity index (χ2v) is 2.66. The Labute approximate surface area is 92.0 Å². The largest absolute Gasteiger partial charge is 0.427 e. The van der Waals surface area contributed by atoms with E-state index in [2.05, 4.69) is 22.6 Å². The summed E-state index contributed by atoms with van der Waals surface area (Å²) in [5.74, 6) is -3.31. The van der Waals surface area contributed by atoms with Crippen LogP contribution in [0.1, 0.15) is 6.92 Å². The minimum absolute atomic E-state index is 0.120. The van der Waals surface area contributed by atoms with Crippen LogP contribution in [0.2, 0.25) is 0 Å². The zero-order valence-corrected chi connectivity index (χ0v) is 8.69. The van der Waals surface area contributed by atoms with Gasteiger partial charge in [0.05, 0.1) is 0 Å². The van der Waals surface area contributed by atoms with Gasteiger partial charge in [-0.15, -0.1) is 0 Å². The molecule has 0 aliphatic carbocycles. The van der Waals surface area contributed by atoms with E-state index in [1.54, 1.807) is 0 Å². The van der Waals surface area contributed by atoms with Gasteiger partial charge in [0.1, 0.15) is 6.26 Å². The fraction of sp³-hybridized carbons (Fsp3) is 0.100. The molecule has 0 spiro atoms. The van der Waals surface area contributed by atoms with Crippen molar-refractivity contribution in [1.29, 1.82) is 0 Å². The molecule has 6 heteroatoms. The Morgan fingerprint density at radius 2 is 1.88 bits per heavy atom.